The zero-order chi connectivity index (χ0) is 18.2. The molecule has 0 unspecified atom stereocenters. The highest BCUT2D eigenvalue weighted by Gasteiger charge is 2.19. The molecule has 0 radical (unpaired) electrons. The van der Waals surface area contributed by atoms with Gasteiger partial charge in [0.25, 0.3) is 0 Å². The summed E-state index contributed by atoms with van der Waals surface area (Å²) in [6, 6.07) is 12.6. The van der Waals surface area contributed by atoms with Crippen molar-refractivity contribution in [2.75, 3.05) is 33.3 Å². The van der Waals surface area contributed by atoms with Crippen LogP contribution < -0.4 is 10.5 Å². The van der Waals surface area contributed by atoms with Crippen LogP contribution in [0.25, 0.3) is 10.8 Å². The van der Waals surface area contributed by atoms with Gasteiger partial charge in [-0.05, 0) is 17.0 Å². The number of fused-ring (bicyclic) bond motifs is 1. The minimum Gasteiger partial charge on any atom is -0.496 e. The van der Waals surface area contributed by atoms with Crippen molar-refractivity contribution < 1.29 is 9.53 Å². The summed E-state index contributed by atoms with van der Waals surface area (Å²) in [4.78, 5) is 15.7. The van der Waals surface area contributed by atoms with Crippen LogP contribution in [-0.4, -0.2) is 55.3 Å². The second kappa shape index (κ2) is 9.03. The Balaban J connectivity index is 0.000000701. The van der Waals surface area contributed by atoms with E-state index in [9.17, 15) is 4.79 Å². The third-order valence-corrected chi connectivity index (χ3v) is 4.41. The van der Waals surface area contributed by atoms with E-state index in [4.69, 9.17) is 10.1 Å². The molecule has 3 rings (SSSR count). The van der Waals surface area contributed by atoms with Gasteiger partial charge in [-0.15, -0.1) is 0 Å². The molecule has 1 saturated heterocycles. The minimum atomic E-state index is 0.176. The van der Waals surface area contributed by atoms with E-state index in [0.29, 0.717) is 0 Å². The summed E-state index contributed by atoms with van der Waals surface area (Å²) >= 11 is 0. The number of nitrogens with two attached hydrogens (primary N) is 1. The van der Waals surface area contributed by atoms with E-state index in [1.54, 1.807) is 14.0 Å². The number of amides is 1. The van der Waals surface area contributed by atoms with Crippen LogP contribution in [0.1, 0.15) is 12.5 Å². The highest BCUT2D eigenvalue weighted by Crippen LogP contribution is 2.29. The molecule has 6 nitrogen and oxygen atoms in total. The quantitative estimate of drug-likeness (QED) is 0.661. The van der Waals surface area contributed by atoms with E-state index in [1.807, 2.05) is 17.0 Å². The monoisotopic (exact) mass is 342 g/mol. The first kappa shape index (κ1) is 18.7. The summed E-state index contributed by atoms with van der Waals surface area (Å²) in [5.41, 5.74) is 5.70. The number of benzene rings is 2. The number of hydrogen-bond donors (Lipinski definition) is 2. The number of hydrogen-bond acceptors (Lipinski definition) is 4. The van der Waals surface area contributed by atoms with E-state index in [0.717, 1.165) is 50.2 Å². The Hall–Kier alpha value is -2.60. The molecule has 25 heavy (non-hydrogen) atoms. The summed E-state index contributed by atoms with van der Waals surface area (Å²) in [7, 11) is 1.71. The van der Waals surface area contributed by atoms with Gasteiger partial charge in [-0.3, -0.25) is 15.1 Å². The first-order valence-electron chi connectivity index (χ1n) is 8.33. The second-order valence-electron chi connectivity index (χ2n) is 5.92. The van der Waals surface area contributed by atoms with Crippen LogP contribution in [0.4, 0.5) is 0 Å². The van der Waals surface area contributed by atoms with Gasteiger partial charge in [-0.2, -0.15) is 0 Å². The Morgan fingerprint density at radius 1 is 1.16 bits per heavy atom. The molecule has 1 heterocycles. The fourth-order valence-electron chi connectivity index (χ4n) is 3.11. The normalized spacial score (nSPS) is 14.6. The van der Waals surface area contributed by atoms with Crippen LogP contribution in [0.3, 0.4) is 0 Å². The van der Waals surface area contributed by atoms with E-state index in [-0.39, 0.29) is 5.91 Å². The Kier molecular flexibility index (Phi) is 6.77. The maximum atomic E-state index is 11.4. The second-order valence-corrected chi connectivity index (χ2v) is 5.92. The lowest BCUT2D eigenvalue weighted by molar-refractivity contribution is -0.130. The van der Waals surface area contributed by atoms with E-state index in [1.165, 1.54) is 10.9 Å². The van der Waals surface area contributed by atoms with Crippen molar-refractivity contribution in [3.05, 3.63) is 42.0 Å². The lowest BCUT2D eigenvalue weighted by Crippen LogP contribution is -2.47. The largest absolute Gasteiger partial charge is 0.496 e. The van der Waals surface area contributed by atoms with Gasteiger partial charge < -0.3 is 15.4 Å². The first-order valence-corrected chi connectivity index (χ1v) is 8.33. The van der Waals surface area contributed by atoms with Crippen molar-refractivity contribution in [1.29, 1.82) is 5.41 Å². The van der Waals surface area contributed by atoms with Crippen LogP contribution in [0.5, 0.6) is 5.75 Å². The Labute approximate surface area is 148 Å². The zero-order valence-electron chi connectivity index (χ0n) is 14.9. The number of ether oxygens (including phenoxy) is 1. The average Bonchev–Trinajstić information content (AvgIpc) is 2.63. The van der Waals surface area contributed by atoms with Crippen molar-refractivity contribution in [3.8, 4) is 5.75 Å². The van der Waals surface area contributed by atoms with E-state index < -0.39 is 0 Å². The number of rotatable bonds is 3. The van der Waals surface area contributed by atoms with Crippen molar-refractivity contribution in [2.45, 2.75) is 13.5 Å². The molecule has 2 aromatic carbocycles. The number of carbonyl (C=O) groups is 1. The SMILES string of the molecule is COc1ccc(CN2CCN(C(C)=O)CC2)c2ccccc12.N=CN. The van der Waals surface area contributed by atoms with Gasteiger partial charge in [0, 0.05) is 45.0 Å². The fraction of sp³-hybridized carbons (Fsp3) is 0.368. The summed E-state index contributed by atoms with van der Waals surface area (Å²) in [6.07, 6.45) is 0.750. The maximum Gasteiger partial charge on any atom is 0.219 e. The Morgan fingerprint density at radius 2 is 1.76 bits per heavy atom. The topological polar surface area (TPSA) is 82.7 Å². The molecular formula is C19H26N4O2. The molecular weight excluding hydrogens is 316 g/mol. The van der Waals surface area contributed by atoms with Crippen molar-refractivity contribution in [1.82, 2.24) is 9.80 Å². The third-order valence-electron chi connectivity index (χ3n) is 4.41. The smallest absolute Gasteiger partial charge is 0.219 e. The van der Waals surface area contributed by atoms with Gasteiger partial charge in [0.1, 0.15) is 5.75 Å². The molecule has 0 atom stereocenters. The molecule has 3 N–H and O–H groups in total. The zero-order valence-corrected chi connectivity index (χ0v) is 14.9. The lowest BCUT2D eigenvalue weighted by Gasteiger charge is -2.34. The Bertz CT molecular complexity index is 724. The van der Waals surface area contributed by atoms with Crippen LogP contribution in [0.15, 0.2) is 36.4 Å². The molecule has 1 amide bonds. The van der Waals surface area contributed by atoms with Crippen LogP contribution in [0.2, 0.25) is 0 Å². The fourth-order valence-corrected chi connectivity index (χ4v) is 3.11. The maximum absolute atomic E-state index is 11.4. The van der Waals surface area contributed by atoms with Gasteiger partial charge in [0.15, 0.2) is 0 Å². The molecule has 0 saturated carbocycles. The van der Waals surface area contributed by atoms with Crippen molar-refractivity contribution in [3.63, 3.8) is 0 Å². The summed E-state index contributed by atoms with van der Waals surface area (Å²) < 4.78 is 5.46. The van der Waals surface area contributed by atoms with E-state index >= 15 is 0 Å². The highest BCUT2D eigenvalue weighted by atomic mass is 16.5. The summed E-state index contributed by atoms with van der Waals surface area (Å²) in [6.45, 7) is 6.07. The van der Waals surface area contributed by atoms with Gasteiger partial charge >= 0.3 is 0 Å². The predicted octanol–water partition coefficient (Wildman–Crippen LogP) is 2.06. The molecule has 1 fully saturated rings. The van der Waals surface area contributed by atoms with Crippen molar-refractivity contribution in [2.24, 2.45) is 5.73 Å². The number of nitrogens with one attached hydrogen (secondary N) is 1. The first-order chi connectivity index (χ1) is 12.1. The Morgan fingerprint density at radius 3 is 2.32 bits per heavy atom. The number of methoxy groups -OCH3 is 1. The molecule has 6 heteroatoms. The molecule has 134 valence electrons. The molecule has 0 bridgehead atoms. The molecule has 1 aliphatic rings. The minimum absolute atomic E-state index is 0.176. The van der Waals surface area contributed by atoms with E-state index in [2.05, 4.69) is 34.9 Å². The third kappa shape index (κ3) is 4.70. The summed E-state index contributed by atoms with van der Waals surface area (Å²) in [5.74, 6) is 1.09. The number of piperazine rings is 1. The van der Waals surface area contributed by atoms with Gasteiger partial charge in [0.05, 0.1) is 13.4 Å². The van der Waals surface area contributed by atoms with Gasteiger partial charge in [0.2, 0.25) is 5.91 Å². The lowest BCUT2D eigenvalue weighted by atomic mass is 10.0. The van der Waals surface area contributed by atoms with Crippen LogP contribution in [-0.2, 0) is 11.3 Å². The predicted molar refractivity (Wildman–Crippen MR) is 101 cm³/mol. The number of nitrogens with zero attached hydrogens (tertiary/aromatic N) is 2. The molecule has 1 aliphatic heterocycles. The van der Waals surface area contributed by atoms with Gasteiger partial charge in [-0.1, -0.05) is 30.3 Å². The molecule has 2 aromatic rings. The summed E-state index contributed by atoms with van der Waals surface area (Å²) in [5, 5.41) is 8.26. The van der Waals surface area contributed by atoms with Crippen LogP contribution >= 0.6 is 0 Å². The highest BCUT2D eigenvalue weighted by molar-refractivity contribution is 5.91. The van der Waals surface area contributed by atoms with Gasteiger partial charge in [-0.25, -0.2) is 0 Å². The molecule has 0 spiro atoms. The molecule has 0 aromatic heterocycles. The van der Waals surface area contributed by atoms with Crippen molar-refractivity contribution >= 4 is 23.0 Å². The van der Waals surface area contributed by atoms with Crippen LogP contribution in [0, 0.1) is 5.41 Å². The average molecular weight is 342 g/mol. The standard InChI is InChI=1S/C18H22N2O2.CH4N2/c1-14(21)20-11-9-19(10-12-20)13-15-7-8-18(22-2)17-6-4-3-5-16(15)17;2-1-3/h3-8H,9-13H2,1-2H3;1H,(H3,2,3). The molecule has 0 aliphatic carbocycles. The number of carbonyl (C=O) groups excluding carboxylic acids is 1.